The highest BCUT2D eigenvalue weighted by Gasteiger charge is 2.57. The summed E-state index contributed by atoms with van der Waals surface area (Å²) in [6, 6.07) is 66.6. The SMILES string of the molecule is O=C(N[C@@H](CO[C@H]1OC(CO[C@H]2OC(COC(=O)c3ccccc3)[C@@H](OC(=O)c3ccccc3)C(OC(=O)c3ccccc3)C2OC(=O)c2ccccc2)[C@@H](OC(=O)c2ccccc2)C(OC(=O)c2ccccc2)C1OC(=O)c1ccccc1)C(=O)O)OCC1c2ccccc2-c2ccccc21. The molecule has 9 aromatic rings. The van der Waals surface area contributed by atoms with Crippen LogP contribution in [0.15, 0.2) is 261 Å². The number of hydrogen-bond donors (Lipinski definition) is 2. The van der Waals surface area contributed by atoms with Gasteiger partial charge in [-0.3, -0.25) is 0 Å². The molecule has 518 valence electrons. The highest BCUT2D eigenvalue weighted by Crippen LogP contribution is 2.45. The van der Waals surface area contributed by atoms with Crippen LogP contribution in [-0.4, -0.2) is 153 Å². The molecule has 3 aliphatic rings. The molecule has 1 amide bonds. The number of ether oxygens (including phenoxy) is 12. The highest BCUT2D eigenvalue weighted by molar-refractivity contribution is 5.93. The third kappa shape index (κ3) is 16.9. The summed E-state index contributed by atoms with van der Waals surface area (Å²) in [5.41, 5.74) is 3.57. The standard InChI is InChI=1S/C79H65NO22/c81-69(82)60(80-79(90)94-44-59-57-42-24-22-40-55(57)56-41-23-25-43-58(56)59)45-92-77-67(101-75(88)53-36-18-6-19-37-53)66(100-74(87)52-34-16-5-17-35-52)64(98-72(85)50-30-12-3-13-31-50)62(96-77)47-93-78-68(102-76(89)54-38-20-7-21-39-54)65(99-73(86)51-32-14-4-15-33-51)63(97-71(84)49-28-10-2-11-29-49)61(95-78)46-91-70(83)48-26-8-1-9-27-48/h1-43,59-68,77-78H,44-47H2,(H,80,90)(H,81,82)/t60-,61?,62?,63+,64+,65?,66?,67?,68?,77-,78-/m0/s1. The van der Waals surface area contributed by atoms with Crippen molar-refractivity contribution < 1.29 is 105 Å². The molecule has 12 rings (SSSR count). The van der Waals surface area contributed by atoms with Crippen molar-refractivity contribution in [2.75, 3.05) is 26.4 Å². The van der Waals surface area contributed by atoms with Crippen LogP contribution in [0.4, 0.5) is 4.79 Å². The van der Waals surface area contributed by atoms with E-state index >= 15 is 0 Å². The predicted molar refractivity (Wildman–Crippen MR) is 359 cm³/mol. The first-order valence-corrected chi connectivity index (χ1v) is 32.4. The minimum absolute atomic E-state index is 0.0159. The molecule has 1 aliphatic carbocycles. The van der Waals surface area contributed by atoms with E-state index in [9.17, 15) is 48.3 Å². The molecule has 0 saturated carbocycles. The Kier molecular flexibility index (Phi) is 22.7. The van der Waals surface area contributed by atoms with Gasteiger partial charge in [0.1, 0.15) is 25.4 Å². The number of alkyl carbamates (subject to hydrolysis) is 1. The number of carbonyl (C=O) groups is 9. The molecule has 2 heterocycles. The lowest BCUT2D eigenvalue weighted by atomic mass is 9.96. The van der Waals surface area contributed by atoms with E-state index in [0.717, 1.165) is 22.3 Å². The maximum absolute atomic E-state index is 14.7. The molecule has 9 aromatic carbocycles. The van der Waals surface area contributed by atoms with Crippen molar-refractivity contribution in [3.63, 3.8) is 0 Å². The molecule has 0 aromatic heterocycles. The first-order valence-electron chi connectivity index (χ1n) is 32.4. The van der Waals surface area contributed by atoms with E-state index in [2.05, 4.69) is 5.32 Å². The van der Waals surface area contributed by atoms with E-state index < -0.39 is 147 Å². The number of esters is 7. The summed E-state index contributed by atoms with van der Waals surface area (Å²) in [7, 11) is 0. The van der Waals surface area contributed by atoms with Crippen LogP contribution in [0.5, 0.6) is 0 Å². The third-order valence-electron chi connectivity index (χ3n) is 16.9. The summed E-state index contributed by atoms with van der Waals surface area (Å²) in [4.78, 5) is 129. The van der Waals surface area contributed by atoms with Crippen molar-refractivity contribution in [3.05, 3.63) is 311 Å². The number of fused-ring (bicyclic) bond motifs is 3. The van der Waals surface area contributed by atoms with E-state index in [1.54, 1.807) is 103 Å². The van der Waals surface area contributed by atoms with Crippen LogP contribution >= 0.6 is 0 Å². The molecular weight excluding hydrogens is 1310 g/mol. The van der Waals surface area contributed by atoms with Crippen LogP contribution < -0.4 is 5.32 Å². The lowest BCUT2D eigenvalue weighted by Crippen LogP contribution is -2.65. The Bertz CT molecular complexity index is 4360. The van der Waals surface area contributed by atoms with Gasteiger partial charge in [0.05, 0.1) is 52.2 Å². The van der Waals surface area contributed by atoms with Crippen molar-refractivity contribution in [1.82, 2.24) is 5.32 Å². The Labute approximate surface area is 583 Å². The molecule has 0 spiro atoms. The van der Waals surface area contributed by atoms with Gasteiger partial charge in [0.25, 0.3) is 0 Å². The zero-order chi connectivity index (χ0) is 70.9. The fraction of sp³-hybridized carbons (Fsp3) is 0.203. The first kappa shape index (κ1) is 69.7. The number of hydrogen-bond acceptors (Lipinski definition) is 21. The molecule has 2 fully saturated rings. The van der Waals surface area contributed by atoms with Crippen LogP contribution in [0.25, 0.3) is 11.1 Å². The van der Waals surface area contributed by atoms with Crippen molar-refractivity contribution in [1.29, 1.82) is 0 Å². The normalized spacial score (nSPS) is 20.6. The van der Waals surface area contributed by atoms with Crippen LogP contribution in [-0.2, 0) is 61.6 Å². The minimum Gasteiger partial charge on any atom is -0.480 e. The van der Waals surface area contributed by atoms with Gasteiger partial charge in [0.2, 0.25) is 0 Å². The van der Waals surface area contributed by atoms with Crippen molar-refractivity contribution >= 4 is 53.8 Å². The second-order valence-electron chi connectivity index (χ2n) is 23.5. The Morgan fingerprint density at radius 1 is 0.324 bits per heavy atom. The van der Waals surface area contributed by atoms with Gasteiger partial charge in [-0.2, -0.15) is 0 Å². The fourth-order valence-corrected chi connectivity index (χ4v) is 11.8. The number of carboxylic acids is 1. The number of benzene rings is 9. The summed E-state index contributed by atoms with van der Waals surface area (Å²) in [5, 5.41) is 13.1. The largest absolute Gasteiger partial charge is 0.480 e. The average Bonchev–Trinajstić information content (AvgIpc) is 1.32. The lowest BCUT2D eigenvalue weighted by molar-refractivity contribution is -0.328. The zero-order valence-electron chi connectivity index (χ0n) is 54.1. The number of aliphatic carboxylic acids is 1. The smallest absolute Gasteiger partial charge is 0.407 e. The summed E-state index contributed by atoms with van der Waals surface area (Å²) >= 11 is 0. The van der Waals surface area contributed by atoms with Crippen molar-refractivity contribution in [2.24, 2.45) is 0 Å². The minimum atomic E-state index is -2.08. The Balaban J connectivity index is 0.933. The second-order valence-corrected chi connectivity index (χ2v) is 23.5. The number of rotatable bonds is 25. The molecule has 0 bridgehead atoms. The Morgan fingerprint density at radius 2 is 0.618 bits per heavy atom. The van der Waals surface area contributed by atoms with Gasteiger partial charge in [-0.05, 0) is 107 Å². The maximum atomic E-state index is 14.7. The van der Waals surface area contributed by atoms with Crippen molar-refractivity contribution in [2.45, 2.75) is 73.4 Å². The zero-order valence-corrected chi connectivity index (χ0v) is 54.1. The number of carboxylic acid groups (broad SMARTS) is 1. The van der Waals surface area contributed by atoms with E-state index in [0.29, 0.717) is 0 Å². The highest BCUT2D eigenvalue weighted by atomic mass is 16.8. The number of amides is 1. The molecule has 0 radical (unpaired) electrons. The number of nitrogens with one attached hydrogen (secondary N) is 1. The van der Waals surface area contributed by atoms with Gasteiger partial charge in [-0.25, -0.2) is 43.2 Å². The second kappa shape index (κ2) is 33.1. The van der Waals surface area contributed by atoms with E-state index in [1.807, 2.05) is 48.5 Å². The van der Waals surface area contributed by atoms with Crippen LogP contribution in [0.3, 0.4) is 0 Å². The monoisotopic (exact) mass is 1380 g/mol. The molecular formula is C79H65NO22. The molecule has 23 nitrogen and oxygen atoms in total. The van der Waals surface area contributed by atoms with Gasteiger partial charge in [0.15, 0.2) is 55.2 Å². The maximum Gasteiger partial charge on any atom is 0.407 e. The lowest BCUT2D eigenvalue weighted by Gasteiger charge is -2.46. The number of carbonyl (C=O) groups excluding carboxylic acids is 8. The van der Waals surface area contributed by atoms with Crippen LogP contribution in [0, 0.1) is 0 Å². The summed E-state index contributed by atoms with van der Waals surface area (Å²) in [5.74, 6) is -9.18. The van der Waals surface area contributed by atoms with Crippen LogP contribution in [0.2, 0.25) is 0 Å². The van der Waals surface area contributed by atoms with E-state index in [-0.39, 0.29) is 45.6 Å². The molecule has 23 heteroatoms. The summed E-state index contributed by atoms with van der Waals surface area (Å²) in [6.45, 7) is -2.91. The fourth-order valence-electron chi connectivity index (χ4n) is 11.8. The predicted octanol–water partition coefficient (Wildman–Crippen LogP) is 10.7. The van der Waals surface area contributed by atoms with Gasteiger partial charge in [0, 0.05) is 5.92 Å². The summed E-state index contributed by atoms with van der Waals surface area (Å²) in [6.07, 6.45) is -20.6. The summed E-state index contributed by atoms with van der Waals surface area (Å²) < 4.78 is 75.7. The Hall–Kier alpha value is -12.2. The van der Waals surface area contributed by atoms with Gasteiger partial charge in [-0.1, -0.05) is 176 Å². The molecule has 11 atom stereocenters. The Morgan fingerprint density at radius 3 is 0.971 bits per heavy atom. The first-order chi connectivity index (χ1) is 49.7. The molecule has 6 unspecified atom stereocenters. The molecule has 102 heavy (non-hydrogen) atoms. The topological polar surface area (TPSA) is 297 Å². The molecule has 2 aliphatic heterocycles. The quantitative estimate of drug-likeness (QED) is 0.0397. The van der Waals surface area contributed by atoms with E-state index in [4.69, 9.17) is 56.8 Å². The molecule has 2 saturated heterocycles. The van der Waals surface area contributed by atoms with Gasteiger partial charge >= 0.3 is 53.8 Å². The van der Waals surface area contributed by atoms with Gasteiger partial charge < -0.3 is 67.3 Å². The van der Waals surface area contributed by atoms with Crippen LogP contribution in [0.1, 0.15) is 89.6 Å². The molecule has 2 N–H and O–H groups in total. The third-order valence-corrected chi connectivity index (χ3v) is 16.9. The van der Waals surface area contributed by atoms with Gasteiger partial charge in [-0.15, -0.1) is 0 Å². The van der Waals surface area contributed by atoms with E-state index in [1.165, 1.54) is 109 Å². The van der Waals surface area contributed by atoms with Crippen molar-refractivity contribution in [3.8, 4) is 11.1 Å². The average molecular weight is 1380 g/mol.